The molecule has 0 bridgehead atoms. The van der Waals surface area contributed by atoms with Crippen molar-refractivity contribution in [1.29, 1.82) is 0 Å². The molecular formula is C20H13BrN4. The van der Waals surface area contributed by atoms with Crippen molar-refractivity contribution in [2.24, 2.45) is 0 Å². The number of halogens is 1. The maximum Gasteiger partial charge on any atom is 0.166 e. The van der Waals surface area contributed by atoms with Gasteiger partial charge in [-0.05, 0) is 22.0 Å². The van der Waals surface area contributed by atoms with Crippen molar-refractivity contribution in [3.63, 3.8) is 0 Å². The van der Waals surface area contributed by atoms with Gasteiger partial charge in [-0.3, -0.25) is 4.98 Å². The molecule has 0 amide bonds. The molecule has 5 heteroatoms. The van der Waals surface area contributed by atoms with Crippen molar-refractivity contribution in [3.05, 3.63) is 83.6 Å². The van der Waals surface area contributed by atoms with E-state index in [0.29, 0.717) is 17.5 Å². The number of hydrogen-bond acceptors (Lipinski definition) is 4. The van der Waals surface area contributed by atoms with E-state index in [4.69, 9.17) is 0 Å². The lowest BCUT2D eigenvalue weighted by Gasteiger charge is -2.08. The Morgan fingerprint density at radius 3 is 1.64 bits per heavy atom. The molecule has 4 aromatic rings. The minimum Gasteiger partial charge on any atom is -0.264 e. The first-order valence-electron chi connectivity index (χ1n) is 7.78. The Labute approximate surface area is 153 Å². The van der Waals surface area contributed by atoms with Gasteiger partial charge in [0.05, 0.1) is 5.56 Å². The van der Waals surface area contributed by atoms with Crippen LogP contribution in [0.2, 0.25) is 0 Å². The van der Waals surface area contributed by atoms with E-state index < -0.39 is 0 Å². The third-order valence-electron chi connectivity index (χ3n) is 3.71. The van der Waals surface area contributed by atoms with Crippen LogP contribution in [0.5, 0.6) is 0 Å². The van der Waals surface area contributed by atoms with Gasteiger partial charge in [0.15, 0.2) is 17.5 Å². The normalized spacial score (nSPS) is 10.6. The molecule has 4 nitrogen and oxygen atoms in total. The summed E-state index contributed by atoms with van der Waals surface area (Å²) in [7, 11) is 0. The maximum atomic E-state index is 4.67. The molecule has 25 heavy (non-hydrogen) atoms. The van der Waals surface area contributed by atoms with Crippen LogP contribution in [0.15, 0.2) is 83.6 Å². The minimum absolute atomic E-state index is 0.590. The Hall–Kier alpha value is -2.92. The molecule has 0 spiro atoms. The van der Waals surface area contributed by atoms with Gasteiger partial charge in [-0.15, -0.1) is 0 Å². The lowest BCUT2D eigenvalue weighted by atomic mass is 10.1. The number of rotatable bonds is 3. The van der Waals surface area contributed by atoms with Crippen LogP contribution in [0.4, 0.5) is 0 Å². The summed E-state index contributed by atoms with van der Waals surface area (Å²) in [6, 6.07) is 21.7. The quantitative estimate of drug-likeness (QED) is 0.493. The summed E-state index contributed by atoms with van der Waals surface area (Å²) in [6.45, 7) is 0. The fourth-order valence-corrected chi connectivity index (χ4v) is 2.87. The van der Waals surface area contributed by atoms with Gasteiger partial charge in [0, 0.05) is 28.0 Å². The number of pyridine rings is 1. The zero-order valence-electron chi connectivity index (χ0n) is 13.2. The molecule has 0 aliphatic heterocycles. The van der Waals surface area contributed by atoms with E-state index in [9.17, 15) is 0 Å². The molecular weight excluding hydrogens is 376 g/mol. The molecule has 2 aromatic carbocycles. The molecule has 120 valence electrons. The second-order valence-corrected chi connectivity index (χ2v) is 6.25. The first kappa shape index (κ1) is 15.6. The van der Waals surface area contributed by atoms with E-state index in [-0.39, 0.29) is 0 Å². The zero-order valence-corrected chi connectivity index (χ0v) is 14.8. The van der Waals surface area contributed by atoms with Crippen LogP contribution in [-0.2, 0) is 0 Å². The molecule has 0 N–H and O–H groups in total. The summed E-state index contributed by atoms with van der Waals surface area (Å²) < 4.78 is 0.895. The molecule has 4 rings (SSSR count). The highest BCUT2D eigenvalue weighted by Gasteiger charge is 2.13. The smallest absolute Gasteiger partial charge is 0.166 e. The standard InChI is InChI=1S/C20H13BrN4/c21-17-11-12-22-13-16(17)20-24-18(14-7-3-1-4-8-14)23-19(25-20)15-9-5-2-6-10-15/h1-13H. The van der Waals surface area contributed by atoms with Crippen molar-refractivity contribution < 1.29 is 0 Å². The van der Waals surface area contributed by atoms with Crippen molar-refractivity contribution >= 4 is 15.9 Å². The van der Waals surface area contributed by atoms with Gasteiger partial charge in [0.2, 0.25) is 0 Å². The van der Waals surface area contributed by atoms with Gasteiger partial charge in [0.1, 0.15) is 0 Å². The average molecular weight is 389 g/mol. The predicted molar refractivity (Wildman–Crippen MR) is 102 cm³/mol. The predicted octanol–water partition coefficient (Wildman–Crippen LogP) is 5.03. The summed E-state index contributed by atoms with van der Waals surface area (Å²) in [6.07, 6.45) is 3.48. The number of benzene rings is 2. The summed E-state index contributed by atoms with van der Waals surface area (Å²) >= 11 is 3.55. The molecule has 0 unspecified atom stereocenters. The monoisotopic (exact) mass is 388 g/mol. The van der Waals surface area contributed by atoms with Gasteiger partial charge in [-0.1, -0.05) is 60.7 Å². The molecule has 0 saturated heterocycles. The fraction of sp³-hybridized carbons (Fsp3) is 0. The Bertz CT molecular complexity index is 947. The number of aromatic nitrogens is 4. The number of nitrogens with zero attached hydrogens (tertiary/aromatic N) is 4. The van der Waals surface area contributed by atoms with E-state index in [1.807, 2.05) is 66.7 Å². The molecule has 0 saturated carbocycles. The van der Waals surface area contributed by atoms with Crippen LogP contribution in [0.3, 0.4) is 0 Å². The van der Waals surface area contributed by atoms with Gasteiger partial charge in [-0.2, -0.15) is 0 Å². The Morgan fingerprint density at radius 1 is 0.600 bits per heavy atom. The van der Waals surface area contributed by atoms with Crippen LogP contribution in [-0.4, -0.2) is 19.9 Å². The lowest BCUT2D eigenvalue weighted by Crippen LogP contribution is -2.00. The van der Waals surface area contributed by atoms with E-state index >= 15 is 0 Å². The molecule has 2 aromatic heterocycles. The first-order valence-corrected chi connectivity index (χ1v) is 8.57. The fourth-order valence-electron chi connectivity index (χ4n) is 2.47. The minimum atomic E-state index is 0.590. The van der Waals surface area contributed by atoms with Gasteiger partial charge < -0.3 is 0 Å². The summed E-state index contributed by atoms with van der Waals surface area (Å²) in [5.74, 6) is 1.87. The Morgan fingerprint density at radius 2 is 1.12 bits per heavy atom. The molecule has 0 atom stereocenters. The summed E-state index contributed by atoms with van der Waals surface area (Å²) in [5.41, 5.74) is 2.73. The van der Waals surface area contributed by atoms with Crippen molar-refractivity contribution in [3.8, 4) is 34.2 Å². The number of hydrogen-bond donors (Lipinski definition) is 0. The molecule has 0 aliphatic carbocycles. The largest absolute Gasteiger partial charge is 0.264 e. The van der Waals surface area contributed by atoms with Gasteiger partial charge in [-0.25, -0.2) is 15.0 Å². The topological polar surface area (TPSA) is 51.6 Å². The van der Waals surface area contributed by atoms with Crippen LogP contribution in [0, 0.1) is 0 Å². The average Bonchev–Trinajstić information content (AvgIpc) is 2.69. The second kappa shape index (κ2) is 6.91. The maximum absolute atomic E-state index is 4.67. The summed E-state index contributed by atoms with van der Waals surface area (Å²) in [4.78, 5) is 18.2. The third-order valence-corrected chi connectivity index (χ3v) is 4.40. The van der Waals surface area contributed by atoms with E-state index in [1.165, 1.54) is 0 Å². The van der Waals surface area contributed by atoms with Crippen molar-refractivity contribution in [2.75, 3.05) is 0 Å². The molecule has 2 heterocycles. The second-order valence-electron chi connectivity index (χ2n) is 5.39. The van der Waals surface area contributed by atoms with E-state index in [0.717, 1.165) is 21.2 Å². The Balaban J connectivity index is 1.94. The van der Waals surface area contributed by atoms with Crippen LogP contribution in [0.1, 0.15) is 0 Å². The van der Waals surface area contributed by atoms with E-state index in [2.05, 4.69) is 35.9 Å². The van der Waals surface area contributed by atoms with Crippen LogP contribution in [0.25, 0.3) is 34.2 Å². The molecule has 0 fully saturated rings. The van der Waals surface area contributed by atoms with Gasteiger partial charge >= 0.3 is 0 Å². The molecule has 0 radical (unpaired) electrons. The van der Waals surface area contributed by atoms with E-state index in [1.54, 1.807) is 12.4 Å². The van der Waals surface area contributed by atoms with Crippen LogP contribution >= 0.6 is 15.9 Å². The van der Waals surface area contributed by atoms with Crippen molar-refractivity contribution in [2.45, 2.75) is 0 Å². The van der Waals surface area contributed by atoms with Gasteiger partial charge in [0.25, 0.3) is 0 Å². The summed E-state index contributed by atoms with van der Waals surface area (Å²) in [5, 5.41) is 0. The third kappa shape index (κ3) is 3.32. The first-order chi connectivity index (χ1) is 12.3. The molecule has 0 aliphatic rings. The Kier molecular flexibility index (Phi) is 4.31. The SMILES string of the molecule is Brc1ccncc1-c1nc(-c2ccccc2)nc(-c2ccccc2)n1. The lowest BCUT2D eigenvalue weighted by molar-refractivity contribution is 1.07. The zero-order chi connectivity index (χ0) is 17.1. The highest BCUT2D eigenvalue weighted by molar-refractivity contribution is 9.10. The van der Waals surface area contributed by atoms with Crippen molar-refractivity contribution in [1.82, 2.24) is 19.9 Å². The highest BCUT2D eigenvalue weighted by atomic mass is 79.9. The highest BCUT2D eigenvalue weighted by Crippen LogP contribution is 2.28. The van der Waals surface area contributed by atoms with Crippen LogP contribution < -0.4 is 0 Å².